The van der Waals surface area contributed by atoms with E-state index in [1.807, 2.05) is 18.7 Å². The summed E-state index contributed by atoms with van der Waals surface area (Å²) in [4.78, 5) is 16.6. The van der Waals surface area contributed by atoms with E-state index in [1.54, 1.807) is 0 Å². The standard InChI is InChI=1S/C14H28N2O2/c1-3-16(4-2)14(18)13-7-10-15(11-8-13)9-5-6-12-17/h13,17H,3-12H2,1-2H3. The minimum Gasteiger partial charge on any atom is -0.396 e. The van der Waals surface area contributed by atoms with Gasteiger partial charge in [-0.05, 0) is 59.2 Å². The molecule has 1 N–H and O–H groups in total. The highest BCUT2D eigenvalue weighted by Gasteiger charge is 2.26. The summed E-state index contributed by atoms with van der Waals surface area (Å²) in [5.74, 6) is 0.578. The number of carbonyl (C=O) groups excluding carboxylic acids is 1. The first-order chi connectivity index (χ1) is 8.72. The van der Waals surface area contributed by atoms with Crippen molar-refractivity contribution in [3.8, 4) is 0 Å². The third-order valence-electron chi connectivity index (χ3n) is 3.89. The van der Waals surface area contributed by atoms with E-state index in [4.69, 9.17) is 5.11 Å². The number of aliphatic hydroxyl groups excluding tert-OH is 1. The number of piperidine rings is 1. The van der Waals surface area contributed by atoms with E-state index >= 15 is 0 Å². The smallest absolute Gasteiger partial charge is 0.225 e. The number of unbranched alkanes of at least 4 members (excludes halogenated alkanes) is 1. The Labute approximate surface area is 111 Å². The molecule has 0 aromatic rings. The summed E-state index contributed by atoms with van der Waals surface area (Å²) in [5.41, 5.74) is 0. The highest BCUT2D eigenvalue weighted by molar-refractivity contribution is 5.78. The summed E-state index contributed by atoms with van der Waals surface area (Å²) >= 11 is 0. The quantitative estimate of drug-likeness (QED) is 0.699. The van der Waals surface area contributed by atoms with Gasteiger partial charge in [0.2, 0.25) is 5.91 Å². The van der Waals surface area contributed by atoms with Gasteiger partial charge in [-0.2, -0.15) is 0 Å². The van der Waals surface area contributed by atoms with Crippen LogP contribution in [0.4, 0.5) is 0 Å². The van der Waals surface area contributed by atoms with Crippen molar-refractivity contribution >= 4 is 5.91 Å². The summed E-state index contributed by atoms with van der Waals surface area (Å²) in [6.45, 7) is 9.16. The molecule has 0 atom stereocenters. The number of carbonyl (C=O) groups is 1. The van der Waals surface area contributed by atoms with E-state index in [-0.39, 0.29) is 12.5 Å². The van der Waals surface area contributed by atoms with Crippen molar-refractivity contribution in [3.63, 3.8) is 0 Å². The lowest BCUT2D eigenvalue weighted by atomic mass is 9.95. The van der Waals surface area contributed by atoms with Gasteiger partial charge in [-0.3, -0.25) is 4.79 Å². The van der Waals surface area contributed by atoms with Crippen molar-refractivity contribution in [1.82, 2.24) is 9.80 Å². The number of amides is 1. The van der Waals surface area contributed by atoms with E-state index in [0.29, 0.717) is 5.91 Å². The lowest BCUT2D eigenvalue weighted by molar-refractivity contribution is -0.136. The lowest BCUT2D eigenvalue weighted by Crippen LogP contribution is -2.42. The highest BCUT2D eigenvalue weighted by atomic mass is 16.2. The van der Waals surface area contributed by atoms with Gasteiger partial charge in [0.05, 0.1) is 0 Å². The molecule has 0 aliphatic carbocycles. The van der Waals surface area contributed by atoms with Gasteiger partial charge in [-0.15, -0.1) is 0 Å². The van der Waals surface area contributed by atoms with E-state index in [9.17, 15) is 4.79 Å². The molecule has 0 saturated carbocycles. The second kappa shape index (κ2) is 8.48. The normalized spacial score (nSPS) is 17.9. The van der Waals surface area contributed by atoms with Crippen molar-refractivity contribution in [1.29, 1.82) is 0 Å². The van der Waals surface area contributed by atoms with Crippen molar-refractivity contribution in [2.45, 2.75) is 39.5 Å². The summed E-state index contributed by atoms with van der Waals surface area (Å²) in [5, 5.41) is 8.76. The van der Waals surface area contributed by atoms with Crippen LogP contribution in [0.5, 0.6) is 0 Å². The van der Waals surface area contributed by atoms with Gasteiger partial charge in [-0.1, -0.05) is 0 Å². The van der Waals surface area contributed by atoms with Crippen LogP contribution < -0.4 is 0 Å². The minimum absolute atomic E-state index is 0.235. The number of rotatable bonds is 7. The Kier molecular flexibility index (Phi) is 7.28. The van der Waals surface area contributed by atoms with E-state index < -0.39 is 0 Å². The summed E-state index contributed by atoms with van der Waals surface area (Å²) < 4.78 is 0. The summed E-state index contributed by atoms with van der Waals surface area (Å²) in [7, 11) is 0. The zero-order valence-corrected chi connectivity index (χ0v) is 11.9. The van der Waals surface area contributed by atoms with Gasteiger partial charge < -0.3 is 14.9 Å². The maximum Gasteiger partial charge on any atom is 0.225 e. The SMILES string of the molecule is CCN(CC)C(=O)C1CCN(CCCCO)CC1. The molecular weight excluding hydrogens is 228 g/mol. The van der Waals surface area contributed by atoms with Crippen LogP contribution >= 0.6 is 0 Å². The van der Waals surface area contributed by atoms with Gasteiger partial charge in [0.1, 0.15) is 0 Å². The molecule has 4 nitrogen and oxygen atoms in total. The molecule has 4 heteroatoms. The van der Waals surface area contributed by atoms with Crippen LogP contribution in [0.1, 0.15) is 39.5 Å². The molecule has 0 radical (unpaired) electrons. The molecular formula is C14H28N2O2. The number of likely N-dealkylation sites (tertiary alicyclic amines) is 1. The van der Waals surface area contributed by atoms with Crippen molar-refractivity contribution < 1.29 is 9.90 Å². The number of hydrogen-bond donors (Lipinski definition) is 1. The second-order valence-corrected chi connectivity index (χ2v) is 5.06. The second-order valence-electron chi connectivity index (χ2n) is 5.06. The average molecular weight is 256 g/mol. The first kappa shape index (κ1) is 15.4. The fraction of sp³-hybridized carbons (Fsp3) is 0.929. The largest absolute Gasteiger partial charge is 0.396 e. The number of aliphatic hydroxyl groups is 1. The maximum absolute atomic E-state index is 12.2. The zero-order chi connectivity index (χ0) is 13.4. The number of nitrogens with zero attached hydrogens (tertiary/aromatic N) is 2. The van der Waals surface area contributed by atoms with Crippen molar-refractivity contribution in [2.24, 2.45) is 5.92 Å². The Bertz CT molecular complexity index is 234. The molecule has 1 aliphatic rings. The molecule has 0 aromatic carbocycles. The van der Waals surface area contributed by atoms with Gasteiger partial charge in [-0.25, -0.2) is 0 Å². The monoisotopic (exact) mass is 256 g/mol. The highest BCUT2D eigenvalue weighted by Crippen LogP contribution is 2.19. The van der Waals surface area contributed by atoms with Crippen molar-refractivity contribution in [3.05, 3.63) is 0 Å². The molecule has 0 unspecified atom stereocenters. The fourth-order valence-corrected chi connectivity index (χ4v) is 2.64. The molecule has 1 fully saturated rings. The molecule has 1 amide bonds. The van der Waals surface area contributed by atoms with Gasteiger partial charge in [0.25, 0.3) is 0 Å². The Balaban J connectivity index is 2.28. The Hall–Kier alpha value is -0.610. The third-order valence-corrected chi connectivity index (χ3v) is 3.89. The molecule has 1 heterocycles. The molecule has 0 aromatic heterocycles. The molecule has 106 valence electrons. The van der Waals surface area contributed by atoms with Crippen LogP contribution in [0.15, 0.2) is 0 Å². The summed E-state index contributed by atoms with van der Waals surface area (Å²) in [6.07, 6.45) is 3.94. The third kappa shape index (κ3) is 4.58. The first-order valence-corrected chi connectivity index (χ1v) is 7.34. The summed E-state index contributed by atoms with van der Waals surface area (Å²) in [6, 6.07) is 0. The molecule has 1 saturated heterocycles. The van der Waals surface area contributed by atoms with Crippen LogP contribution in [-0.2, 0) is 4.79 Å². The molecule has 0 spiro atoms. The topological polar surface area (TPSA) is 43.8 Å². The van der Waals surface area contributed by atoms with Crippen molar-refractivity contribution in [2.75, 3.05) is 39.3 Å². The van der Waals surface area contributed by atoms with Crippen LogP contribution in [0.2, 0.25) is 0 Å². The fourth-order valence-electron chi connectivity index (χ4n) is 2.64. The van der Waals surface area contributed by atoms with Gasteiger partial charge in [0, 0.05) is 25.6 Å². The van der Waals surface area contributed by atoms with E-state index in [0.717, 1.165) is 58.4 Å². The van der Waals surface area contributed by atoms with Gasteiger partial charge >= 0.3 is 0 Å². The number of hydrogen-bond acceptors (Lipinski definition) is 3. The predicted molar refractivity (Wildman–Crippen MR) is 73.4 cm³/mol. The first-order valence-electron chi connectivity index (χ1n) is 7.34. The Morgan fingerprint density at radius 2 is 1.83 bits per heavy atom. The average Bonchev–Trinajstić information content (AvgIpc) is 2.41. The van der Waals surface area contributed by atoms with Gasteiger partial charge in [0.15, 0.2) is 0 Å². The van der Waals surface area contributed by atoms with E-state index in [2.05, 4.69) is 4.90 Å². The lowest BCUT2D eigenvalue weighted by Gasteiger charge is -2.33. The molecule has 0 bridgehead atoms. The molecule has 18 heavy (non-hydrogen) atoms. The Morgan fingerprint density at radius 3 is 2.33 bits per heavy atom. The van der Waals surface area contributed by atoms with Crippen LogP contribution in [0, 0.1) is 5.92 Å². The van der Waals surface area contributed by atoms with Crippen LogP contribution in [0.25, 0.3) is 0 Å². The molecule has 1 aliphatic heterocycles. The minimum atomic E-state index is 0.235. The molecule has 1 rings (SSSR count). The zero-order valence-electron chi connectivity index (χ0n) is 11.9. The predicted octanol–water partition coefficient (Wildman–Crippen LogP) is 1.34. The van der Waals surface area contributed by atoms with Crippen LogP contribution in [0.3, 0.4) is 0 Å². The van der Waals surface area contributed by atoms with Crippen LogP contribution in [-0.4, -0.2) is 60.1 Å². The van der Waals surface area contributed by atoms with E-state index in [1.165, 1.54) is 0 Å². The Morgan fingerprint density at radius 1 is 1.22 bits per heavy atom. The maximum atomic E-state index is 12.2.